The number of alkyl halides is 3. The summed E-state index contributed by atoms with van der Waals surface area (Å²) in [4.78, 5) is 16.2. The van der Waals surface area contributed by atoms with E-state index in [-0.39, 0.29) is 18.4 Å². The van der Waals surface area contributed by atoms with Gasteiger partial charge in [0.25, 0.3) is 5.91 Å². The van der Waals surface area contributed by atoms with Gasteiger partial charge in [-0.1, -0.05) is 0 Å². The Bertz CT molecular complexity index is 984. The number of furan rings is 1. The van der Waals surface area contributed by atoms with Crippen LogP contribution in [0.4, 0.5) is 18.9 Å². The van der Waals surface area contributed by atoms with Gasteiger partial charge >= 0.3 is 6.18 Å². The van der Waals surface area contributed by atoms with Crippen LogP contribution in [-0.4, -0.2) is 48.7 Å². The number of hydrogen-bond donors (Lipinski definition) is 1. The van der Waals surface area contributed by atoms with Crippen LogP contribution in [0.3, 0.4) is 0 Å². The Morgan fingerprint density at radius 2 is 2.13 bits per heavy atom. The van der Waals surface area contributed by atoms with E-state index in [1.165, 1.54) is 24.7 Å². The van der Waals surface area contributed by atoms with Crippen LogP contribution in [0.15, 0.2) is 41.2 Å². The number of carbonyl (C=O) groups excluding carboxylic acids is 1. The number of benzene rings is 1. The van der Waals surface area contributed by atoms with E-state index in [2.05, 4.69) is 0 Å². The molecule has 9 heteroatoms. The van der Waals surface area contributed by atoms with Gasteiger partial charge in [0.1, 0.15) is 6.26 Å². The van der Waals surface area contributed by atoms with E-state index < -0.39 is 22.7 Å². The van der Waals surface area contributed by atoms with Gasteiger partial charge in [0.05, 0.1) is 35.6 Å². The molecular weight excluding hydrogens is 399 g/mol. The van der Waals surface area contributed by atoms with Crippen molar-refractivity contribution >= 4 is 11.6 Å². The quantitative estimate of drug-likeness (QED) is 0.827. The molecule has 2 aliphatic heterocycles. The lowest BCUT2D eigenvalue weighted by atomic mass is 9.73. The molecule has 2 aromatic rings. The Morgan fingerprint density at radius 3 is 2.77 bits per heavy atom. The SMILES string of the molecule is N#Cc1ccc(N2CC[C@@]3(CO)CN(C(=O)c4ccoc4)C[C@H]3C2)cc1C(F)(F)F. The fourth-order valence-electron chi connectivity index (χ4n) is 4.56. The number of fused-ring (bicyclic) bond motifs is 1. The third-order valence-electron chi connectivity index (χ3n) is 6.30. The van der Waals surface area contributed by atoms with Crippen molar-refractivity contribution in [2.75, 3.05) is 37.7 Å². The third kappa shape index (κ3) is 3.41. The summed E-state index contributed by atoms with van der Waals surface area (Å²) in [5.41, 5.74) is -1.03. The molecule has 158 valence electrons. The third-order valence-corrected chi connectivity index (χ3v) is 6.30. The van der Waals surface area contributed by atoms with Crippen LogP contribution < -0.4 is 4.90 Å². The predicted molar refractivity (Wildman–Crippen MR) is 101 cm³/mol. The first kappa shape index (κ1) is 20.3. The minimum atomic E-state index is -4.62. The molecule has 0 bridgehead atoms. The van der Waals surface area contributed by atoms with Crippen molar-refractivity contribution in [1.29, 1.82) is 5.26 Å². The number of nitriles is 1. The summed E-state index contributed by atoms with van der Waals surface area (Å²) in [6.45, 7) is 1.57. The second-order valence-corrected chi connectivity index (χ2v) is 7.95. The number of rotatable bonds is 3. The molecule has 6 nitrogen and oxygen atoms in total. The highest BCUT2D eigenvalue weighted by Gasteiger charge is 2.50. The lowest BCUT2D eigenvalue weighted by molar-refractivity contribution is -0.137. The average Bonchev–Trinajstić information content (AvgIpc) is 3.40. The monoisotopic (exact) mass is 419 g/mol. The molecule has 1 aromatic carbocycles. The first-order chi connectivity index (χ1) is 14.3. The highest BCUT2D eigenvalue weighted by atomic mass is 19.4. The van der Waals surface area contributed by atoms with Crippen molar-refractivity contribution in [3.63, 3.8) is 0 Å². The molecule has 2 saturated heterocycles. The molecule has 0 spiro atoms. The molecule has 0 aliphatic carbocycles. The standard InChI is InChI=1S/C21H20F3N3O3/c22-21(23,24)18-7-17(2-1-14(18)8-25)26-5-4-20(13-28)12-27(10-16(20)9-26)19(29)15-3-6-30-11-15/h1-3,6-7,11,16,28H,4-5,9-10,12-13H2/t16-,20+/m1/s1. The van der Waals surface area contributed by atoms with E-state index >= 15 is 0 Å². The van der Waals surface area contributed by atoms with Crippen molar-refractivity contribution < 1.29 is 27.5 Å². The fourth-order valence-corrected chi connectivity index (χ4v) is 4.56. The summed E-state index contributed by atoms with van der Waals surface area (Å²) >= 11 is 0. The maximum atomic E-state index is 13.3. The van der Waals surface area contributed by atoms with Gasteiger partial charge < -0.3 is 19.3 Å². The van der Waals surface area contributed by atoms with Crippen LogP contribution >= 0.6 is 0 Å². The zero-order valence-corrected chi connectivity index (χ0v) is 16.0. The van der Waals surface area contributed by atoms with Crippen molar-refractivity contribution in [3.05, 3.63) is 53.5 Å². The number of nitrogens with zero attached hydrogens (tertiary/aromatic N) is 3. The number of aliphatic hydroxyl groups is 1. The molecule has 0 unspecified atom stereocenters. The van der Waals surface area contributed by atoms with Crippen LogP contribution in [0.5, 0.6) is 0 Å². The van der Waals surface area contributed by atoms with E-state index in [4.69, 9.17) is 9.68 Å². The van der Waals surface area contributed by atoms with Crippen molar-refractivity contribution in [2.24, 2.45) is 11.3 Å². The summed E-state index contributed by atoms with van der Waals surface area (Å²) in [5, 5.41) is 19.1. The van der Waals surface area contributed by atoms with Gasteiger partial charge in [0.15, 0.2) is 0 Å². The summed E-state index contributed by atoms with van der Waals surface area (Å²) in [6.07, 6.45) is -1.28. The van der Waals surface area contributed by atoms with E-state index in [0.717, 1.165) is 6.07 Å². The molecule has 1 N–H and O–H groups in total. The molecule has 2 aliphatic rings. The van der Waals surface area contributed by atoms with Gasteiger partial charge in [-0.15, -0.1) is 0 Å². The smallest absolute Gasteiger partial charge is 0.417 e. The minimum absolute atomic E-state index is 0.0860. The highest BCUT2D eigenvalue weighted by molar-refractivity contribution is 5.94. The molecule has 2 atom stereocenters. The van der Waals surface area contributed by atoms with Gasteiger partial charge in [-0.2, -0.15) is 18.4 Å². The Hall–Kier alpha value is -2.99. The van der Waals surface area contributed by atoms with Gasteiger partial charge in [0.2, 0.25) is 0 Å². The van der Waals surface area contributed by atoms with Crippen LogP contribution in [0.25, 0.3) is 0 Å². The molecule has 4 rings (SSSR count). The topological polar surface area (TPSA) is 80.7 Å². The van der Waals surface area contributed by atoms with Crippen molar-refractivity contribution in [2.45, 2.75) is 12.6 Å². The first-order valence-electron chi connectivity index (χ1n) is 9.56. The van der Waals surface area contributed by atoms with E-state index in [1.54, 1.807) is 17.0 Å². The van der Waals surface area contributed by atoms with Crippen LogP contribution in [-0.2, 0) is 6.18 Å². The Morgan fingerprint density at radius 1 is 1.33 bits per heavy atom. The molecule has 1 amide bonds. The molecule has 1 aromatic heterocycles. The Labute approximate surface area is 171 Å². The molecule has 2 fully saturated rings. The van der Waals surface area contributed by atoms with E-state index in [1.807, 2.05) is 4.90 Å². The summed E-state index contributed by atoms with van der Waals surface area (Å²) in [6, 6.07) is 6.89. The second kappa shape index (κ2) is 7.36. The summed E-state index contributed by atoms with van der Waals surface area (Å²) in [7, 11) is 0. The van der Waals surface area contributed by atoms with Crippen LogP contribution in [0.2, 0.25) is 0 Å². The molecule has 0 saturated carbocycles. The normalized spacial score (nSPS) is 23.9. The maximum absolute atomic E-state index is 13.3. The number of anilines is 1. The zero-order chi connectivity index (χ0) is 21.5. The first-order valence-corrected chi connectivity index (χ1v) is 9.56. The van der Waals surface area contributed by atoms with E-state index in [0.29, 0.717) is 43.9 Å². The number of aliphatic hydroxyl groups excluding tert-OH is 1. The Kier molecular flexibility index (Phi) is 4.98. The van der Waals surface area contributed by atoms with Crippen molar-refractivity contribution in [3.8, 4) is 6.07 Å². The number of piperidine rings is 1. The van der Waals surface area contributed by atoms with Crippen molar-refractivity contribution in [1.82, 2.24) is 4.90 Å². The molecular formula is C21H20F3N3O3. The summed E-state index contributed by atoms with van der Waals surface area (Å²) < 4.78 is 45.0. The Balaban J connectivity index is 1.57. The largest absolute Gasteiger partial charge is 0.472 e. The lowest BCUT2D eigenvalue weighted by Gasteiger charge is -2.43. The maximum Gasteiger partial charge on any atom is 0.417 e. The second-order valence-electron chi connectivity index (χ2n) is 7.95. The van der Waals surface area contributed by atoms with Gasteiger partial charge in [-0.05, 0) is 30.7 Å². The number of carbonyl (C=O) groups is 1. The molecule has 30 heavy (non-hydrogen) atoms. The highest BCUT2D eigenvalue weighted by Crippen LogP contribution is 2.44. The van der Waals surface area contributed by atoms with E-state index in [9.17, 15) is 23.1 Å². The minimum Gasteiger partial charge on any atom is -0.472 e. The lowest BCUT2D eigenvalue weighted by Crippen LogP contribution is -2.49. The number of halogens is 3. The zero-order valence-electron chi connectivity index (χ0n) is 16.0. The van der Waals surface area contributed by atoms with Gasteiger partial charge in [-0.3, -0.25) is 4.79 Å². The number of likely N-dealkylation sites (tertiary alicyclic amines) is 1. The van der Waals surface area contributed by atoms with Crippen LogP contribution in [0, 0.1) is 22.7 Å². The van der Waals surface area contributed by atoms with Gasteiger partial charge in [0, 0.05) is 43.2 Å². The van der Waals surface area contributed by atoms with Crippen LogP contribution in [0.1, 0.15) is 27.9 Å². The number of hydrogen-bond acceptors (Lipinski definition) is 5. The predicted octanol–water partition coefficient (Wildman–Crippen LogP) is 3.13. The molecule has 3 heterocycles. The fraction of sp³-hybridized carbons (Fsp3) is 0.429. The average molecular weight is 419 g/mol. The van der Waals surface area contributed by atoms with Gasteiger partial charge in [-0.25, -0.2) is 0 Å². The summed E-state index contributed by atoms with van der Waals surface area (Å²) in [5.74, 6) is -0.271. The number of amides is 1. The molecule has 0 radical (unpaired) electrons.